The van der Waals surface area contributed by atoms with Gasteiger partial charge in [0.2, 0.25) is 0 Å². The van der Waals surface area contributed by atoms with Gasteiger partial charge in [-0.2, -0.15) is 0 Å². The molecule has 0 aromatic heterocycles. The number of nitrogens with zero attached hydrogens (tertiary/aromatic N) is 2. The van der Waals surface area contributed by atoms with Gasteiger partial charge in [0, 0.05) is 38.3 Å². The van der Waals surface area contributed by atoms with Gasteiger partial charge in [0.1, 0.15) is 11.5 Å². The maximum Gasteiger partial charge on any atom is 0.251 e. The first-order valence-electron chi connectivity index (χ1n) is 10.3. The first-order valence-corrected chi connectivity index (χ1v) is 10.3. The molecule has 29 heavy (non-hydrogen) atoms. The zero-order chi connectivity index (χ0) is 20.5. The van der Waals surface area contributed by atoms with Crippen molar-refractivity contribution in [1.29, 1.82) is 0 Å². The first kappa shape index (κ1) is 21.0. The number of carbonyl (C=O) groups is 1. The Morgan fingerprint density at radius 2 is 1.76 bits per heavy atom. The van der Waals surface area contributed by atoms with E-state index >= 15 is 0 Å². The minimum absolute atomic E-state index is 0.0333. The lowest BCUT2D eigenvalue weighted by atomic mass is 10.2. The third-order valence-corrected chi connectivity index (χ3v) is 5.16. The normalized spacial score (nSPS) is 14.5. The van der Waals surface area contributed by atoms with Crippen LogP contribution in [0.1, 0.15) is 23.7 Å². The average Bonchev–Trinajstić information content (AvgIpc) is 2.77. The third kappa shape index (κ3) is 5.87. The van der Waals surface area contributed by atoms with Crippen LogP contribution >= 0.6 is 0 Å². The highest BCUT2D eigenvalue weighted by Crippen LogP contribution is 2.28. The smallest absolute Gasteiger partial charge is 0.251 e. The summed E-state index contributed by atoms with van der Waals surface area (Å²) in [7, 11) is 1.72. The molecule has 1 N–H and O–H groups in total. The van der Waals surface area contributed by atoms with Crippen LogP contribution in [0.3, 0.4) is 0 Å². The van der Waals surface area contributed by atoms with Crippen LogP contribution in [0.4, 0.5) is 5.69 Å². The van der Waals surface area contributed by atoms with Gasteiger partial charge in [-0.25, -0.2) is 0 Å². The maximum atomic E-state index is 12.2. The van der Waals surface area contributed by atoms with Gasteiger partial charge in [-0.05, 0) is 56.3 Å². The van der Waals surface area contributed by atoms with Crippen molar-refractivity contribution in [2.45, 2.75) is 13.3 Å². The van der Waals surface area contributed by atoms with E-state index in [1.807, 2.05) is 31.2 Å². The lowest BCUT2D eigenvalue weighted by Gasteiger charge is -2.36. The predicted octanol–water partition coefficient (Wildman–Crippen LogP) is 3.04. The zero-order valence-corrected chi connectivity index (χ0v) is 17.4. The summed E-state index contributed by atoms with van der Waals surface area (Å²) in [5, 5.41) is 3.01. The molecule has 1 saturated heterocycles. The molecule has 1 fully saturated rings. The van der Waals surface area contributed by atoms with E-state index in [1.165, 1.54) is 0 Å². The van der Waals surface area contributed by atoms with E-state index in [4.69, 9.17) is 9.47 Å². The number of para-hydroxylation sites is 2. The van der Waals surface area contributed by atoms with Gasteiger partial charge in [0.15, 0.2) is 0 Å². The van der Waals surface area contributed by atoms with Crippen molar-refractivity contribution in [3.8, 4) is 11.5 Å². The van der Waals surface area contributed by atoms with Crippen LogP contribution in [-0.2, 0) is 0 Å². The molecule has 1 amide bonds. The monoisotopic (exact) mass is 397 g/mol. The van der Waals surface area contributed by atoms with E-state index in [2.05, 4.69) is 27.2 Å². The molecule has 1 aliphatic rings. The van der Waals surface area contributed by atoms with Crippen LogP contribution in [0.5, 0.6) is 11.5 Å². The highest BCUT2D eigenvalue weighted by molar-refractivity contribution is 5.94. The van der Waals surface area contributed by atoms with Gasteiger partial charge in [-0.3, -0.25) is 9.69 Å². The van der Waals surface area contributed by atoms with Crippen LogP contribution < -0.4 is 19.7 Å². The molecule has 0 saturated carbocycles. The molecular weight excluding hydrogens is 366 g/mol. The zero-order valence-electron chi connectivity index (χ0n) is 17.4. The molecule has 156 valence electrons. The van der Waals surface area contributed by atoms with Crippen molar-refractivity contribution in [2.75, 3.05) is 57.9 Å². The molecule has 0 radical (unpaired) electrons. The molecule has 0 atom stereocenters. The number of anilines is 1. The Morgan fingerprint density at radius 1 is 1.03 bits per heavy atom. The van der Waals surface area contributed by atoms with E-state index in [0.717, 1.165) is 56.3 Å². The summed E-state index contributed by atoms with van der Waals surface area (Å²) < 4.78 is 10.9. The van der Waals surface area contributed by atoms with Crippen LogP contribution in [-0.4, -0.2) is 63.8 Å². The molecule has 0 aliphatic carbocycles. The molecule has 1 aliphatic heterocycles. The summed E-state index contributed by atoms with van der Waals surface area (Å²) in [5.74, 6) is 1.68. The molecule has 6 heteroatoms. The summed E-state index contributed by atoms with van der Waals surface area (Å²) in [6.45, 7) is 8.24. The van der Waals surface area contributed by atoms with Crippen molar-refractivity contribution in [3.05, 3.63) is 54.1 Å². The van der Waals surface area contributed by atoms with Gasteiger partial charge in [-0.15, -0.1) is 0 Å². The Kier molecular flexibility index (Phi) is 7.76. The summed E-state index contributed by atoms with van der Waals surface area (Å²) in [4.78, 5) is 17.1. The summed E-state index contributed by atoms with van der Waals surface area (Å²) >= 11 is 0. The molecule has 2 aromatic carbocycles. The van der Waals surface area contributed by atoms with Gasteiger partial charge in [0.25, 0.3) is 5.91 Å². The van der Waals surface area contributed by atoms with Gasteiger partial charge < -0.3 is 19.7 Å². The third-order valence-electron chi connectivity index (χ3n) is 5.16. The number of ether oxygens (including phenoxy) is 2. The molecule has 2 aromatic rings. The van der Waals surface area contributed by atoms with Crippen LogP contribution in [0.2, 0.25) is 0 Å². The van der Waals surface area contributed by atoms with Gasteiger partial charge in [0.05, 0.1) is 19.4 Å². The molecule has 1 heterocycles. The minimum Gasteiger partial charge on any atom is -0.495 e. The lowest BCUT2D eigenvalue weighted by molar-refractivity contribution is 0.0951. The van der Waals surface area contributed by atoms with Crippen LogP contribution in [0.25, 0.3) is 0 Å². The van der Waals surface area contributed by atoms with E-state index in [1.54, 1.807) is 19.2 Å². The Morgan fingerprint density at radius 3 is 2.45 bits per heavy atom. The number of nitrogens with one attached hydrogen (secondary N) is 1. The van der Waals surface area contributed by atoms with Crippen molar-refractivity contribution in [2.24, 2.45) is 0 Å². The molecule has 0 bridgehead atoms. The van der Waals surface area contributed by atoms with Crippen molar-refractivity contribution in [1.82, 2.24) is 10.2 Å². The first-order chi connectivity index (χ1) is 14.2. The van der Waals surface area contributed by atoms with Crippen LogP contribution in [0, 0.1) is 0 Å². The van der Waals surface area contributed by atoms with Crippen molar-refractivity contribution in [3.63, 3.8) is 0 Å². The van der Waals surface area contributed by atoms with E-state index in [-0.39, 0.29) is 5.91 Å². The Bertz CT molecular complexity index is 771. The standard InChI is InChI=1S/C23H31N3O3/c1-3-29-20-11-9-19(10-12-20)23(27)24-13-6-14-25-15-17-26(18-16-25)21-7-4-5-8-22(21)28-2/h4-5,7-12H,3,6,13-18H2,1-2H3,(H,24,27). The fourth-order valence-corrected chi connectivity index (χ4v) is 3.58. The summed E-state index contributed by atoms with van der Waals surface area (Å²) in [6.07, 6.45) is 0.942. The Labute approximate surface area is 173 Å². The van der Waals surface area contributed by atoms with Crippen molar-refractivity contribution < 1.29 is 14.3 Å². The highest BCUT2D eigenvalue weighted by Gasteiger charge is 2.19. The van der Waals surface area contributed by atoms with E-state index in [0.29, 0.717) is 18.7 Å². The number of carbonyl (C=O) groups excluding carboxylic acids is 1. The fraction of sp³-hybridized carbons (Fsp3) is 0.435. The summed E-state index contributed by atoms with van der Waals surface area (Å²) in [6, 6.07) is 15.4. The fourth-order valence-electron chi connectivity index (χ4n) is 3.58. The van der Waals surface area contributed by atoms with Gasteiger partial charge >= 0.3 is 0 Å². The molecular formula is C23H31N3O3. The number of amides is 1. The average molecular weight is 398 g/mol. The molecule has 0 unspecified atom stereocenters. The highest BCUT2D eigenvalue weighted by atomic mass is 16.5. The maximum absolute atomic E-state index is 12.2. The van der Waals surface area contributed by atoms with E-state index < -0.39 is 0 Å². The number of piperazine rings is 1. The number of benzene rings is 2. The Balaban J connectivity index is 1.36. The number of hydrogen-bond acceptors (Lipinski definition) is 5. The predicted molar refractivity (Wildman–Crippen MR) is 116 cm³/mol. The van der Waals surface area contributed by atoms with Crippen LogP contribution in [0.15, 0.2) is 48.5 Å². The van der Waals surface area contributed by atoms with E-state index in [9.17, 15) is 4.79 Å². The van der Waals surface area contributed by atoms with Gasteiger partial charge in [-0.1, -0.05) is 12.1 Å². The lowest BCUT2D eigenvalue weighted by Crippen LogP contribution is -2.47. The molecule has 3 rings (SSSR count). The molecule has 0 spiro atoms. The number of hydrogen-bond donors (Lipinski definition) is 1. The number of rotatable bonds is 9. The quantitative estimate of drug-likeness (QED) is 0.659. The van der Waals surface area contributed by atoms with Crippen molar-refractivity contribution >= 4 is 11.6 Å². The second-order valence-electron chi connectivity index (χ2n) is 7.07. The second-order valence-corrected chi connectivity index (χ2v) is 7.07. The SMILES string of the molecule is CCOc1ccc(C(=O)NCCCN2CCN(c3ccccc3OC)CC2)cc1. The molecule has 6 nitrogen and oxygen atoms in total. The topological polar surface area (TPSA) is 54.0 Å². The summed E-state index contributed by atoms with van der Waals surface area (Å²) in [5.41, 5.74) is 1.83. The Hall–Kier alpha value is -2.73. The number of methoxy groups -OCH3 is 1. The minimum atomic E-state index is -0.0333. The second kappa shape index (κ2) is 10.7. The largest absolute Gasteiger partial charge is 0.495 e.